The summed E-state index contributed by atoms with van der Waals surface area (Å²) >= 11 is 0. The molecule has 2 N–H and O–H groups in total. The number of benzene rings is 1. The lowest BCUT2D eigenvalue weighted by Gasteiger charge is -2.15. The maximum Gasteiger partial charge on any atom is 0.320 e. The lowest BCUT2D eigenvalue weighted by atomic mass is 10.0. The lowest BCUT2D eigenvalue weighted by Crippen LogP contribution is -2.37. The van der Waals surface area contributed by atoms with Crippen molar-refractivity contribution in [2.45, 2.75) is 32.9 Å². The Hall–Kier alpha value is -1.81. The average Bonchev–Trinajstić information content (AvgIpc) is 2.76. The van der Waals surface area contributed by atoms with Crippen molar-refractivity contribution in [3.63, 3.8) is 0 Å². The molecule has 1 aromatic carbocycles. The van der Waals surface area contributed by atoms with Crippen molar-refractivity contribution in [2.24, 2.45) is 5.92 Å². The van der Waals surface area contributed by atoms with Gasteiger partial charge in [0.05, 0.1) is 6.54 Å². The minimum atomic E-state index is -0.815. The van der Waals surface area contributed by atoms with Gasteiger partial charge in [0, 0.05) is 5.39 Å². The van der Waals surface area contributed by atoms with E-state index >= 15 is 0 Å². The van der Waals surface area contributed by atoms with Gasteiger partial charge >= 0.3 is 5.97 Å². The minimum absolute atomic E-state index is 0.337. The first-order valence-corrected chi connectivity index (χ1v) is 6.50. The average molecular weight is 261 g/mol. The number of para-hydroxylation sites is 1. The predicted molar refractivity (Wildman–Crippen MR) is 73.9 cm³/mol. The molecule has 4 heteroatoms. The zero-order valence-electron chi connectivity index (χ0n) is 11.2. The molecule has 0 aliphatic carbocycles. The van der Waals surface area contributed by atoms with Crippen molar-refractivity contribution in [1.29, 1.82) is 0 Å². The number of nitrogens with one attached hydrogen (secondary N) is 1. The fraction of sp³-hybridized carbons (Fsp3) is 0.400. The van der Waals surface area contributed by atoms with Crippen LogP contribution in [-0.2, 0) is 11.3 Å². The number of fused-ring (bicyclic) bond motifs is 1. The lowest BCUT2D eigenvalue weighted by molar-refractivity contribution is -0.140. The van der Waals surface area contributed by atoms with E-state index in [4.69, 9.17) is 9.52 Å². The highest BCUT2D eigenvalue weighted by Gasteiger charge is 2.18. The second kappa shape index (κ2) is 5.89. The molecule has 0 radical (unpaired) electrons. The molecule has 0 aliphatic rings. The summed E-state index contributed by atoms with van der Waals surface area (Å²) in [5.41, 5.74) is 0.829. The molecule has 0 saturated carbocycles. The van der Waals surface area contributed by atoms with Crippen LogP contribution in [0, 0.1) is 5.92 Å². The first-order valence-electron chi connectivity index (χ1n) is 6.50. The first-order chi connectivity index (χ1) is 9.06. The molecular formula is C15H19NO3. The number of rotatable bonds is 6. The summed E-state index contributed by atoms with van der Waals surface area (Å²) in [6.45, 7) is 4.45. The number of carbonyl (C=O) groups is 1. The largest absolute Gasteiger partial charge is 0.480 e. The Bertz CT molecular complexity index is 526. The van der Waals surface area contributed by atoms with Crippen LogP contribution in [0.2, 0.25) is 0 Å². The zero-order chi connectivity index (χ0) is 13.8. The van der Waals surface area contributed by atoms with Crippen LogP contribution in [-0.4, -0.2) is 17.1 Å². The molecular weight excluding hydrogens is 242 g/mol. The third-order valence-electron chi connectivity index (χ3n) is 3.00. The van der Waals surface area contributed by atoms with E-state index in [1.807, 2.05) is 44.2 Å². The van der Waals surface area contributed by atoms with Crippen LogP contribution in [0.15, 0.2) is 34.7 Å². The number of hydrogen-bond donors (Lipinski definition) is 2. The molecule has 0 bridgehead atoms. The van der Waals surface area contributed by atoms with Gasteiger partial charge in [0.15, 0.2) is 0 Å². The molecule has 0 fully saturated rings. The van der Waals surface area contributed by atoms with Gasteiger partial charge in [-0.2, -0.15) is 0 Å². The molecule has 0 saturated heterocycles. The highest BCUT2D eigenvalue weighted by Crippen LogP contribution is 2.18. The van der Waals surface area contributed by atoms with Crippen LogP contribution in [0.3, 0.4) is 0 Å². The summed E-state index contributed by atoms with van der Waals surface area (Å²) in [6, 6.07) is 9.16. The van der Waals surface area contributed by atoms with Gasteiger partial charge in [-0.05, 0) is 24.5 Å². The van der Waals surface area contributed by atoms with Crippen molar-refractivity contribution < 1.29 is 14.3 Å². The third kappa shape index (κ3) is 3.58. The summed E-state index contributed by atoms with van der Waals surface area (Å²) in [6.07, 6.45) is 0.607. The second-order valence-corrected chi connectivity index (χ2v) is 5.15. The summed E-state index contributed by atoms with van der Waals surface area (Å²) in [7, 11) is 0. The Balaban J connectivity index is 2.02. The Kier molecular flexibility index (Phi) is 4.22. The van der Waals surface area contributed by atoms with E-state index in [0.29, 0.717) is 18.9 Å². The van der Waals surface area contributed by atoms with Gasteiger partial charge in [-0.3, -0.25) is 10.1 Å². The Morgan fingerprint density at radius 1 is 1.37 bits per heavy atom. The summed E-state index contributed by atoms with van der Waals surface area (Å²) in [4.78, 5) is 11.1. The zero-order valence-corrected chi connectivity index (χ0v) is 11.2. The monoisotopic (exact) mass is 261 g/mol. The molecule has 0 aliphatic heterocycles. The summed E-state index contributed by atoms with van der Waals surface area (Å²) < 4.78 is 5.65. The van der Waals surface area contributed by atoms with E-state index in [9.17, 15) is 4.79 Å². The SMILES string of the molecule is CC(C)C[C@H](NCc1cc2ccccc2o1)C(=O)O. The maximum atomic E-state index is 11.1. The molecule has 0 spiro atoms. The van der Waals surface area contributed by atoms with Gasteiger partial charge in [0.1, 0.15) is 17.4 Å². The van der Waals surface area contributed by atoms with Gasteiger partial charge < -0.3 is 9.52 Å². The molecule has 1 atom stereocenters. The fourth-order valence-electron chi connectivity index (χ4n) is 2.09. The third-order valence-corrected chi connectivity index (χ3v) is 3.00. The number of carboxylic acids is 1. The molecule has 102 valence electrons. The normalized spacial score (nSPS) is 13.0. The van der Waals surface area contributed by atoms with E-state index in [1.54, 1.807) is 0 Å². The molecule has 19 heavy (non-hydrogen) atoms. The van der Waals surface area contributed by atoms with Gasteiger partial charge in [-0.15, -0.1) is 0 Å². The number of hydrogen-bond acceptors (Lipinski definition) is 3. The first kappa shape index (κ1) is 13.6. The van der Waals surface area contributed by atoms with Crippen LogP contribution in [0.25, 0.3) is 11.0 Å². The maximum absolute atomic E-state index is 11.1. The van der Waals surface area contributed by atoms with Crippen LogP contribution >= 0.6 is 0 Å². The number of carboxylic acid groups (broad SMARTS) is 1. The minimum Gasteiger partial charge on any atom is -0.480 e. The Morgan fingerprint density at radius 2 is 2.11 bits per heavy atom. The Morgan fingerprint density at radius 3 is 2.74 bits per heavy atom. The van der Waals surface area contributed by atoms with Crippen LogP contribution in [0.4, 0.5) is 0 Å². The van der Waals surface area contributed by atoms with Gasteiger partial charge in [-0.25, -0.2) is 0 Å². The van der Waals surface area contributed by atoms with Crippen LogP contribution < -0.4 is 5.32 Å². The molecule has 1 heterocycles. The molecule has 0 amide bonds. The van der Waals surface area contributed by atoms with Crippen molar-refractivity contribution in [2.75, 3.05) is 0 Å². The van der Waals surface area contributed by atoms with E-state index in [1.165, 1.54) is 0 Å². The van der Waals surface area contributed by atoms with Crippen molar-refractivity contribution >= 4 is 16.9 Å². The van der Waals surface area contributed by atoms with E-state index in [-0.39, 0.29) is 0 Å². The molecule has 1 aromatic heterocycles. The van der Waals surface area contributed by atoms with Crippen molar-refractivity contribution in [3.8, 4) is 0 Å². The van der Waals surface area contributed by atoms with Gasteiger partial charge in [-0.1, -0.05) is 32.0 Å². The smallest absolute Gasteiger partial charge is 0.320 e. The molecule has 2 rings (SSSR count). The number of furan rings is 1. The molecule has 0 unspecified atom stereocenters. The van der Waals surface area contributed by atoms with Crippen LogP contribution in [0.5, 0.6) is 0 Å². The van der Waals surface area contributed by atoms with Crippen molar-refractivity contribution in [1.82, 2.24) is 5.32 Å². The van der Waals surface area contributed by atoms with Crippen molar-refractivity contribution in [3.05, 3.63) is 36.1 Å². The fourth-order valence-corrected chi connectivity index (χ4v) is 2.09. The van der Waals surface area contributed by atoms with Gasteiger partial charge in [0.25, 0.3) is 0 Å². The van der Waals surface area contributed by atoms with E-state index in [0.717, 1.165) is 16.7 Å². The van der Waals surface area contributed by atoms with E-state index < -0.39 is 12.0 Å². The second-order valence-electron chi connectivity index (χ2n) is 5.15. The van der Waals surface area contributed by atoms with E-state index in [2.05, 4.69) is 5.32 Å². The predicted octanol–water partition coefficient (Wildman–Crippen LogP) is 3.02. The van der Waals surface area contributed by atoms with Gasteiger partial charge in [0.2, 0.25) is 0 Å². The quantitative estimate of drug-likeness (QED) is 0.839. The summed E-state index contributed by atoms with van der Waals surface area (Å²) in [5.74, 6) is 0.283. The standard InChI is InChI=1S/C15H19NO3/c1-10(2)7-13(15(17)18)16-9-12-8-11-5-3-4-6-14(11)19-12/h3-6,8,10,13,16H,7,9H2,1-2H3,(H,17,18)/t13-/m0/s1. The highest BCUT2D eigenvalue weighted by molar-refractivity contribution is 5.77. The number of aliphatic carboxylic acids is 1. The Labute approximate surface area is 112 Å². The highest BCUT2D eigenvalue weighted by atomic mass is 16.4. The topological polar surface area (TPSA) is 62.5 Å². The molecule has 2 aromatic rings. The molecule has 4 nitrogen and oxygen atoms in total. The van der Waals surface area contributed by atoms with Crippen LogP contribution in [0.1, 0.15) is 26.0 Å². The summed E-state index contributed by atoms with van der Waals surface area (Å²) in [5, 5.41) is 13.2.